The van der Waals surface area contributed by atoms with Crippen LogP contribution in [0.4, 0.5) is 4.39 Å². The molecule has 4 nitrogen and oxygen atoms in total. The first kappa shape index (κ1) is 19.5. The number of benzene rings is 1. The topological polar surface area (TPSA) is 64.3 Å². The largest absolute Gasteiger partial charge is 0.481 e. The molecule has 0 heterocycles. The minimum absolute atomic E-state index is 0. The van der Waals surface area contributed by atoms with Crippen LogP contribution in [0.25, 0.3) is 0 Å². The van der Waals surface area contributed by atoms with Crippen LogP contribution in [-0.4, -0.2) is 24.6 Å². The third kappa shape index (κ3) is 4.61. The van der Waals surface area contributed by atoms with Crippen LogP contribution >= 0.6 is 28.3 Å². The van der Waals surface area contributed by atoms with Crippen molar-refractivity contribution >= 4 is 34.2 Å². The Morgan fingerprint density at radius 1 is 1.33 bits per heavy atom. The maximum absolute atomic E-state index is 13.7. The van der Waals surface area contributed by atoms with Crippen molar-refractivity contribution in [2.75, 3.05) is 6.61 Å². The van der Waals surface area contributed by atoms with Crippen LogP contribution in [0.3, 0.4) is 0 Å². The van der Waals surface area contributed by atoms with Gasteiger partial charge in [-0.1, -0.05) is 22.4 Å². The van der Waals surface area contributed by atoms with Gasteiger partial charge in [-0.3, -0.25) is 4.79 Å². The third-order valence-electron chi connectivity index (χ3n) is 4.96. The summed E-state index contributed by atoms with van der Waals surface area (Å²) in [6, 6.07) is 4.96. The number of nitrogens with one attached hydrogen (secondary N) is 1. The molecule has 3 N–H and O–H groups in total. The molecule has 2 aliphatic carbocycles. The van der Waals surface area contributed by atoms with Gasteiger partial charge < -0.3 is 15.8 Å². The molecule has 1 aromatic carbocycles. The lowest BCUT2D eigenvalue weighted by Crippen LogP contribution is -2.54. The summed E-state index contributed by atoms with van der Waals surface area (Å²) in [6.45, 7) is -0.166. The number of carbonyl (C=O) groups is 1. The zero-order valence-corrected chi connectivity index (χ0v) is 15.7. The normalized spacial score (nSPS) is 28.6. The summed E-state index contributed by atoms with van der Waals surface area (Å²) in [5.41, 5.74) is 6.10. The predicted octanol–water partition coefficient (Wildman–Crippen LogP) is 3.41. The second-order valence-corrected chi connectivity index (χ2v) is 7.55. The van der Waals surface area contributed by atoms with E-state index in [1.807, 2.05) is 0 Å². The molecule has 0 aliphatic heterocycles. The van der Waals surface area contributed by atoms with Crippen LogP contribution in [0.15, 0.2) is 22.7 Å². The maximum Gasteiger partial charge on any atom is 0.258 e. The maximum atomic E-state index is 13.7. The summed E-state index contributed by atoms with van der Waals surface area (Å²) in [6.07, 6.45) is 5.41. The lowest BCUT2D eigenvalue weighted by Gasteiger charge is -2.45. The Morgan fingerprint density at radius 2 is 2.00 bits per heavy atom. The van der Waals surface area contributed by atoms with Crippen LogP contribution in [-0.2, 0) is 4.79 Å². The summed E-state index contributed by atoms with van der Waals surface area (Å²) in [4.78, 5) is 12.2. The van der Waals surface area contributed by atoms with Gasteiger partial charge in [0.15, 0.2) is 18.2 Å². The number of ether oxygens (including phenoxy) is 1. The molecule has 2 fully saturated rings. The molecular formula is C17H23BrClFN2O2. The summed E-state index contributed by atoms with van der Waals surface area (Å²) >= 11 is 3.19. The van der Waals surface area contributed by atoms with Crippen molar-refractivity contribution in [3.05, 3.63) is 28.5 Å². The van der Waals surface area contributed by atoms with Crippen molar-refractivity contribution in [1.29, 1.82) is 0 Å². The molecule has 7 heteroatoms. The van der Waals surface area contributed by atoms with Crippen molar-refractivity contribution in [1.82, 2.24) is 5.32 Å². The molecule has 0 aromatic heterocycles. The second-order valence-electron chi connectivity index (χ2n) is 6.64. The van der Waals surface area contributed by atoms with E-state index in [-0.39, 0.29) is 42.8 Å². The van der Waals surface area contributed by atoms with E-state index in [0.717, 1.165) is 25.7 Å². The molecular weight excluding hydrogens is 399 g/mol. The first-order valence-corrected chi connectivity index (χ1v) is 8.95. The van der Waals surface area contributed by atoms with Crippen molar-refractivity contribution in [2.45, 2.75) is 44.2 Å². The molecule has 2 aliphatic rings. The van der Waals surface area contributed by atoms with Crippen LogP contribution in [0.1, 0.15) is 32.1 Å². The first-order chi connectivity index (χ1) is 11.0. The summed E-state index contributed by atoms with van der Waals surface area (Å²) in [5, 5.41) is 3.09. The second kappa shape index (κ2) is 8.50. The van der Waals surface area contributed by atoms with Gasteiger partial charge in [0.2, 0.25) is 0 Å². The number of amides is 1. The van der Waals surface area contributed by atoms with E-state index >= 15 is 0 Å². The Labute approximate surface area is 156 Å². The number of carbonyl (C=O) groups excluding carboxylic acids is 1. The Kier molecular flexibility index (Phi) is 6.89. The van der Waals surface area contributed by atoms with Gasteiger partial charge in [0, 0.05) is 16.6 Å². The highest BCUT2D eigenvalue weighted by molar-refractivity contribution is 9.10. The lowest BCUT2D eigenvalue weighted by atomic mass is 9.67. The number of halogens is 3. The highest BCUT2D eigenvalue weighted by atomic mass is 79.9. The SMILES string of the molecule is Cl.NC1CC2CCCC(C1)C2NC(=O)COc1ccc(Br)cc1F. The summed E-state index contributed by atoms with van der Waals surface area (Å²) in [7, 11) is 0. The highest BCUT2D eigenvalue weighted by Crippen LogP contribution is 2.39. The minimum Gasteiger partial charge on any atom is -0.481 e. The molecule has 1 aromatic rings. The van der Waals surface area contributed by atoms with Crippen molar-refractivity contribution in [3.8, 4) is 5.75 Å². The Bertz CT molecular complexity index is 576. The third-order valence-corrected chi connectivity index (χ3v) is 5.45. The molecule has 0 radical (unpaired) electrons. The van der Waals surface area contributed by atoms with Gasteiger partial charge in [-0.15, -0.1) is 12.4 Å². The van der Waals surface area contributed by atoms with E-state index in [4.69, 9.17) is 10.5 Å². The van der Waals surface area contributed by atoms with E-state index in [2.05, 4.69) is 21.2 Å². The monoisotopic (exact) mass is 420 g/mol. The average molecular weight is 422 g/mol. The van der Waals surface area contributed by atoms with Gasteiger partial charge in [-0.25, -0.2) is 4.39 Å². The molecule has 3 rings (SSSR count). The molecule has 2 atom stereocenters. The van der Waals surface area contributed by atoms with E-state index in [9.17, 15) is 9.18 Å². The quantitative estimate of drug-likeness (QED) is 0.783. The highest BCUT2D eigenvalue weighted by Gasteiger charge is 2.39. The molecule has 1 amide bonds. The summed E-state index contributed by atoms with van der Waals surface area (Å²) < 4.78 is 19.6. The van der Waals surface area contributed by atoms with E-state index in [0.29, 0.717) is 16.3 Å². The molecule has 2 bridgehead atoms. The summed E-state index contributed by atoms with van der Waals surface area (Å²) in [5.74, 6) is 0.350. The number of fused-ring (bicyclic) bond motifs is 2. The van der Waals surface area contributed by atoms with Crippen molar-refractivity contribution in [3.63, 3.8) is 0 Å². The number of nitrogens with two attached hydrogens (primary N) is 1. The van der Waals surface area contributed by atoms with Gasteiger partial charge in [0.05, 0.1) is 0 Å². The van der Waals surface area contributed by atoms with E-state index in [1.165, 1.54) is 18.6 Å². The predicted molar refractivity (Wildman–Crippen MR) is 96.8 cm³/mol. The lowest BCUT2D eigenvalue weighted by molar-refractivity contribution is -0.125. The zero-order valence-electron chi connectivity index (χ0n) is 13.3. The smallest absolute Gasteiger partial charge is 0.258 e. The fourth-order valence-corrected chi connectivity index (χ4v) is 4.32. The zero-order chi connectivity index (χ0) is 16.4. The van der Waals surface area contributed by atoms with Gasteiger partial charge >= 0.3 is 0 Å². The van der Waals surface area contributed by atoms with Gasteiger partial charge in [-0.2, -0.15) is 0 Å². The average Bonchev–Trinajstić information content (AvgIpc) is 2.47. The number of rotatable bonds is 4. The Hall–Kier alpha value is -0.850. The number of hydrogen-bond donors (Lipinski definition) is 2. The van der Waals surface area contributed by atoms with E-state index < -0.39 is 5.82 Å². The molecule has 0 spiro atoms. The Morgan fingerprint density at radius 3 is 2.62 bits per heavy atom. The fourth-order valence-electron chi connectivity index (χ4n) is 3.99. The number of hydrogen-bond acceptors (Lipinski definition) is 3. The van der Waals surface area contributed by atoms with Gasteiger partial charge in [0.25, 0.3) is 5.91 Å². The first-order valence-electron chi connectivity index (χ1n) is 8.15. The molecule has 134 valence electrons. The van der Waals surface area contributed by atoms with Crippen LogP contribution in [0, 0.1) is 17.7 Å². The van der Waals surface area contributed by atoms with Crippen LogP contribution in [0.2, 0.25) is 0 Å². The molecule has 2 unspecified atom stereocenters. The van der Waals surface area contributed by atoms with Gasteiger partial charge in [0.1, 0.15) is 0 Å². The van der Waals surface area contributed by atoms with Crippen molar-refractivity contribution < 1.29 is 13.9 Å². The van der Waals surface area contributed by atoms with Crippen molar-refractivity contribution in [2.24, 2.45) is 17.6 Å². The molecule has 2 saturated carbocycles. The van der Waals surface area contributed by atoms with Crippen LogP contribution in [0.5, 0.6) is 5.75 Å². The Balaban J connectivity index is 0.00000208. The fraction of sp³-hybridized carbons (Fsp3) is 0.588. The molecule has 24 heavy (non-hydrogen) atoms. The van der Waals surface area contributed by atoms with Gasteiger partial charge in [-0.05, 0) is 55.7 Å². The van der Waals surface area contributed by atoms with E-state index in [1.54, 1.807) is 6.07 Å². The standard InChI is InChI=1S/C17H22BrFN2O2.ClH/c18-12-4-5-15(14(19)8-12)23-9-16(22)21-17-10-2-1-3-11(17)7-13(20)6-10;/h4-5,8,10-11,13,17H,1-3,6-7,9,20H2,(H,21,22);1H. The minimum atomic E-state index is -0.479. The molecule has 0 saturated heterocycles. The van der Waals surface area contributed by atoms with Crippen LogP contribution < -0.4 is 15.8 Å².